The van der Waals surface area contributed by atoms with Crippen LogP contribution in [0.15, 0.2) is 68.1 Å². The van der Waals surface area contributed by atoms with Gasteiger partial charge in [0.25, 0.3) is 6.43 Å². The van der Waals surface area contributed by atoms with E-state index in [0.717, 1.165) is 167 Å². The topological polar surface area (TPSA) is 141 Å². The molecule has 5 aliphatic rings. The molecule has 0 aliphatic carbocycles. The molecule has 2 amide bonds. The molecular weight excluding hydrogens is 979 g/mol. The van der Waals surface area contributed by atoms with Gasteiger partial charge in [-0.15, -0.1) is 0 Å². The second kappa shape index (κ2) is 24.7. The highest BCUT2D eigenvalue weighted by atomic mass is 19.3. The summed E-state index contributed by atoms with van der Waals surface area (Å²) in [5.74, 6) is 1.22. The van der Waals surface area contributed by atoms with Gasteiger partial charge in [0.05, 0.1) is 11.6 Å². The van der Waals surface area contributed by atoms with Crippen molar-refractivity contribution in [1.82, 2.24) is 39.3 Å². The van der Waals surface area contributed by atoms with E-state index in [-0.39, 0.29) is 41.8 Å². The van der Waals surface area contributed by atoms with E-state index >= 15 is 8.78 Å². The van der Waals surface area contributed by atoms with Crippen LogP contribution in [0, 0.1) is 5.92 Å². The number of alkyl halides is 2. The maximum Gasteiger partial charge on any atom is 0.264 e. The molecule has 410 valence electrons. The van der Waals surface area contributed by atoms with Crippen molar-refractivity contribution < 1.29 is 32.7 Å². The zero-order valence-corrected chi connectivity index (χ0v) is 45.4. The van der Waals surface area contributed by atoms with Gasteiger partial charge in [-0.3, -0.25) is 19.3 Å². The van der Waals surface area contributed by atoms with Crippen LogP contribution in [0.1, 0.15) is 123 Å². The molecule has 77 heavy (non-hydrogen) atoms. The number of likely N-dealkylation sites (N-methyl/N-ethyl adjacent to an activating group) is 3. The molecule has 10 rings (SSSR count). The average Bonchev–Trinajstić information content (AvgIpc) is 4.07. The molecule has 0 bridgehead atoms. The summed E-state index contributed by atoms with van der Waals surface area (Å²) in [5, 5.41) is 8.89. The number of likely N-dealkylation sites (tertiary alicyclic amines) is 1. The molecule has 15 nitrogen and oxygen atoms in total. The average molecular weight is 1060 g/mol. The van der Waals surface area contributed by atoms with Gasteiger partial charge < -0.3 is 48.7 Å². The Balaban J connectivity index is 0.00000235. The maximum absolute atomic E-state index is 15.5. The minimum atomic E-state index is -2.69. The highest BCUT2D eigenvalue weighted by molar-refractivity contribution is 5.97. The van der Waals surface area contributed by atoms with Crippen LogP contribution < -0.4 is 15.1 Å². The first-order valence-electron chi connectivity index (χ1n) is 27.7. The molecule has 5 aromatic rings. The van der Waals surface area contributed by atoms with Gasteiger partial charge in [-0.1, -0.05) is 25.3 Å². The van der Waals surface area contributed by atoms with Gasteiger partial charge in [-0.2, -0.15) is 5.10 Å². The number of fused-ring (bicyclic) bond motifs is 3. The SMILES string of the molecule is C=Cc1cc(N2CCC(CC(=O)N3CCC(n4cc(-c5cc6c(cc5C(F)F)N(c5nn(C7CCOCC7)c7c5CN(C)CC7)CCC6)c5cnccc54)CC3)CC2)ccc1C(=C)N(C)C(CCC=O)C(=O)NC.CC=O. The normalized spacial score (nSPS) is 18.0. The third kappa shape index (κ3) is 11.6. The Bertz CT molecular complexity index is 2950. The minimum Gasteiger partial charge on any atom is -0.381 e. The Morgan fingerprint density at radius 2 is 1.70 bits per heavy atom. The summed E-state index contributed by atoms with van der Waals surface area (Å²) in [7, 11) is 5.56. The lowest BCUT2D eigenvalue weighted by atomic mass is 9.91. The molecule has 0 saturated carbocycles. The quantitative estimate of drug-likeness (QED) is 0.0945. The van der Waals surface area contributed by atoms with Gasteiger partial charge in [-0.25, -0.2) is 8.78 Å². The third-order valence-corrected chi connectivity index (χ3v) is 16.8. The van der Waals surface area contributed by atoms with Crippen molar-refractivity contribution in [2.45, 2.75) is 115 Å². The number of carbonyl (C=O) groups excluding carboxylic acids is 4. The number of aldehydes is 2. The van der Waals surface area contributed by atoms with Crippen LogP contribution >= 0.6 is 0 Å². The summed E-state index contributed by atoms with van der Waals surface area (Å²) in [5.41, 5.74) is 10.2. The number of benzene rings is 2. The lowest BCUT2D eigenvalue weighted by Crippen LogP contribution is -2.43. The highest BCUT2D eigenvalue weighted by Gasteiger charge is 2.35. The number of anilines is 3. The molecule has 1 N–H and O–H groups in total. The van der Waals surface area contributed by atoms with E-state index in [1.807, 2.05) is 47.3 Å². The maximum atomic E-state index is 15.5. The number of piperidine rings is 2. The molecule has 1 unspecified atom stereocenters. The zero-order valence-electron chi connectivity index (χ0n) is 45.4. The summed E-state index contributed by atoms with van der Waals surface area (Å²) >= 11 is 0. The summed E-state index contributed by atoms with van der Waals surface area (Å²) in [6.45, 7) is 16.7. The fourth-order valence-electron chi connectivity index (χ4n) is 12.5. The number of halogens is 2. The third-order valence-electron chi connectivity index (χ3n) is 16.8. The van der Waals surface area contributed by atoms with E-state index in [9.17, 15) is 14.4 Å². The smallest absolute Gasteiger partial charge is 0.264 e. The lowest BCUT2D eigenvalue weighted by molar-refractivity contribution is -0.133. The van der Waals surface area contributed by atoms with Gasteiger partial charge in [-0.05, 0) is 125 Å². The minimum absolute atomic E-state index is 0.0197. The van der Waals surface area contributed by atoms with Crippen molar-refractivity contribution in [2.24, 2.45) is 5.92 Å². The fourth-order valence-corrected chi connectivity index (χ4v) is 12.5. The lowest BCUT2D eigenvalue weighted by Gasteiger charge is -2.36. The number of nitrogens with zero attached hydrogens (tertiary/aromatic N) is 9. The molecule has 8 heterocycles. The van der Waals surface area contributed by atoms with Crippen LogP contribution in [-0.4, -0.2) is 138 Å². The molecule has 1 atom stereocenters. The van der Waals surface area contributed by atoms with E-state index in [1.165, 1.54) is 18.2 Å². The van der Waals surface area contributed by atoms with Crippen molar-refractivity contribution in [2.75, 3.05) is 83.4 Å². The Hall–Kier alpha value is -6.72. The number of amides is 2. The number of rotatable bonds is 16. The summed E-state index contributed by atoms with van der Waals surface area (Å²) in [6.07, 6.45) is 15.3. The van der Waals surface area contributed by atoms with Crippen LogP contribution in [0.4, 0.5) is 26.0 Å². The van der Waals surface area contributed by atoms with Crippen molar-refractivity contribution in [1.29, 1.82) is 0 Å². The van der Waals surface area contributed by atoms with E-state index < -0.39 is 12.5 Å². The van der Waals surface area contributed by atoms with Crippen LogP contribution in [0.3, 0.4) is 0 Å². The van der Waals surface area contributed by atoms with E-state index in [4.69, 9.17) is 14.6 Å². The molecule has 5 aliphatic heterocycles. The Labute approximate surface area is 451 Å². The number of pyridine rings is 1. The molecule has 0 spiro atoms. The number of aryl methyl sites for hydroxylation is 1. The van der Waals surface area contributed by atoms with Gasteiger partial charge in [0.2, 0.25) is 11.8 Å². The molecule has 3 fully saturated rings. The summed E-state index contributed by atoms with van der Waals surface area (Å²) in [4.78, 5) is 61.8. The first-order valence-corrected chi connectivity index (χ1v) is 27.7. The Morgan fingerprint density at radius 1 is 0.948 bits per heavy atom. The molecule has 3 aromatic heterocycles. The van der Waals surface area contributed by atoms with Crippen molar-refractivity contribution in [3.63, 3.8) is 0 Å². The summed E-state index contributed by atoms with van der Waals surface area (Å²) < 4.78 is 41.3. The second-order valence-corrected chi connectivity index (χ2v) is 21.4. The Kier molecular flexibility index (Phi) is 17.7. The molecule has 3 saturated heterocycles. The predicted molar refractivity (Wildman–Crippen MR) is 299 cm³/mol. The van der Waals surface area contributed by atoms with Crippen molar-refractivity contribution in [3.05, 3.63) is 102 Å². The predicted octanol–water partition coefficient (Wildman–Crippen LogP) is 9.58. The van der Waals surface area contributed by atoms with Gasteiger partial charge >= 0.3 is 0 Å². The van der Waals surface area contributed by atoms with Crippen LogP contribution in [0.2, 0.25) is 0 Å². The van der Waals surface area contributed by atoms with E-state index in [2.05, 4.69) is 72.8 Å². The van der Waals surface area contributed by atoms with Gasteiger partial charge in [0.1, 0.15) is 18.6 Å². The number of ether oxygens (including phenoxy) is 1. The first-order chi connectivity index (χ1) is 37.4. The van der Waals surface area contributed by atoms with Gasteiger partial charge in [0.15, 0.2) is 5.82 Å². The number of aromatic nitrogens is 4. The van der Waals surface area contributed by atoms with Crippen LogP contribution in [0.25, 0.3) is 33.8 Å². The number of nitrogens with one attached hydrogen (secondary N) is 1. The fraction of sp³-hybridized carbons (Fsp3) is 0.500. The largest absolute Gasteiger partial charge is 0.381 e. The molecule has 2 aromatic carbocycles. The van der Waals surface area contributed by atoms with Crippen molar-refractivity contribution in [3.8, 4) is 11.1 Å². The number of hydrogen-bond donors (Lipinski definition) is 1. The zero-order chi connectivity index (χ0) is 54.3. The van der Waals surface area contributed by atoms with E-state index in [0.29, 0.717) is 37.2 Å². The van der Waals surface area contributed by atoms with Crippen molar-refractivity contribution >= 4 is 64.3 Å². The van der Waals surface area contributed by atoms with Gasteiger partial charge in [0, 0.05) is 167 Å². The Morgan fingerprint density at radius 3 is 2.40 bits per heavy atom. The number of carbonyl (C=O) groups is 4. The van der Waals surface area contributed by atoms with Crippen LogP contribution in [-0.2, 0) is 43.3 Å². The first kappa shape index (κ1) is 55.0. The van der Waals surface area contributed by atoms with Crippen LogP contribution in [0.5, 0.6) is 0 Å². The monoisotopic (exact) mass is 1050 g/mol. The molecular formula is C60H76F2N10O5. The summed E-state index contributed by atoms with van der Waals surface area (Å²) in [6, 6.07) is 11.8. The van der Waals surface area contributed by atoms with E-state index in [1.54, 1.807) is 19.3 Å². The standard InChI is InChI=1S/C58H72F2N10O4.C2H4O/c1-6-40-32-44(11-12-45(40)38(2)65(5)53(10-8-28-71)58(73)61-3)66-24-14-39(15-25-66)31-55(72)67-26-16-42(17-27-67)69-37-49(48-35-62-21-13-51(48)69)46-33-41-9-7-22-68(54(41)34-47(46)56(59)60)57-50-36-64(4)23-18-52(50)70(63-57)43-19-29-74-30-20-43;1-2-3/h6,11-13,21,28,32-35,37,39,42-43,53,56H,1-2,7-10,14-20,22-27,29-31,36H2,3-5H3,(H,61,73);2H,1H3. The number of hydrogen-bond acceptors (Lipinski definition) is 11. The molecule has 17 heteroatoms. The highest BCUT2D eigenvalue weighted by Crippen LogP contribution is 2.46. The second-order valence-electron chi connectivity index (χ2n) is 21.4. The molecule has 0 radical (unpaired) electrons.